The molecule has 0 amide bonds. The summed E-state index contributed by atoms with van der Waals surface area (Å²) in [6.07, 6.45) is 1.17. The predicted molar refractivity (Wildman–Crippen MR) is 57.4 cm³/mol. The molecule has 2 nitrogen and oxygen atoms in total. The van der Waals surface area contributed by atoms with E-state index in [0.717, 1.165) is 12.3 Å². The van der Waals surface area contributed by atoms with E-state index in [1.54, 1.807) is 12.1 Å². The van der Waals surface area contributed by atoms with Gasteiger partial charge < -0.3 is 10.4 Å². The molecule has 0 spiro atoms. The van der Waals surface area contributed by atoms with Gasteiger partial charge in [-0.15, -0.1) is 11.8 Å². The van der Waals surface area contributed by atoms with Gasteiger partial charge in [0.05, 0.1) is 0 Å². The van der Waals surface area contributed by atoms with Crippen molar-refractivity contribution < 1.29 is 5.11 Å². The van der Waals surface area contributed by atoms with Crippen LogP contribution < -0.4 is 5.32 Å². The Balaban J connectivity index is 2.25. The summed E-state index contributed by atoms with van der Waals surface area (Å²) < 4.78 is 0. The number of phenols is 1. The number of nitrogens with one attached hydrogen (secondary N) is 1. The predicted octanol–water partition coefficient (Wildman–Crippen LogP) is 2.09. The average molecular weight is 197 g/mol. The van der Waals surface area contributed by atoms with Crippen molar-refractivity contribution in [3.8, 4) is 5.75 Å². The van der Waals surface area contributed by atoms with E-state index >= 15 is 0 Å². The third kappa shape index (κ3) is 4.20. The summed E-state index contributed by atoms with van der Waals surface area (Å²) >= 11 is 1.82. The van der Waals surface area contributed by atoms with Crippen molar-refractivity contribution in [1.82, 2.24) is 5.32 Å². The van der Waals surface area contributed by atoms with Crippen LogP contribution in [0.5, 0.6) is 5.75 Å². The van der Waals surface area contributed by atoms with Gasteiger partial charge in [0.1, 0.15) is 5.75 Å². The SMILES string of the molecule is CNCCCSc1ccc(O)cc1. The Kier molecular flexibility index (Phi) is 4.72. The molecular weight excluding hydrogens is 182 g/mol. The zero-order chi connectivity index (χ0) is 9.52. The molecule has 0 radical (unpaired) electrons. The van der Waals surface area contributed by atoms with Crippen molar-refractivity contribution in [2.75, 3.05) is 19.3 Å². The third-order valence-electron chi connectivity index (χ3n) is 1.68. The van der Waals surface area contributed by atoms with Crippen molar-refractivity contribution in [3.05, 3.63) is 24.3 Å². The highest BCUT2D eigenvalue weighted by atomic mass is 32.2. The van der Waals surface area contributed by atoms with E-state index in [0.29, 0.717) is 5.75 Å². The van der Waals surface area contributed by atoms with Crippen LogP contribution in [0.3, 0.4) is 0 Å². The minimum absolute atomic E-state index is 0.333. The van der Waals surface area contributed by atoms with Gasteiger partial charge in [-0.2, -0.15) is 0 Å². The number of hydrogen-bond donors (Lipinski definition) is 2. The van der Waals surface area contributed by atoms with Gasteiger partial charge in [-0.1, -0.05) is 0 Å². The van der Waals surface area contributed by atoms with Gasteiger partial charge in [-0.25, -0.2) is 0 Å². The molecule has 1 aromatic rings. The Hall–Kier alpha value is -0.670. The first kappa shape index (κ1) is 10.4. The van der Waals surface area contributed by atoms with E-state index in [4.69, 9.17) is 5.11 Å². The summed E-state index contributed by atoms with van der Waals surface area (Å²) in [5.41, 5.74) is 0. The Morgan fingerprint density at radius 2 is 2.00 bits per heavy atom. The van der Waals surface area contributed by atoms with Crippen LogP contribution in [0.25, 0.3) is 0 Å². The lowest BCUT2D eigenvalue weighted by molar-refractivity contribution is 0.475. The van der Waals surface area contributed by atoms with E-state index in [1.165, 1.54) is 11.3 Å². The molecule has 0 aliphatic rings. The third-order valence-corrected chi connectivity index (χ3v) is 2.77. The van der Waals surface area contributed by atoms with Gasteiger partial charge in [0.25, 0.3) is 0 Å². The molecule has 0 atom stereocenters. The molecule has 2 N–H and O–H groups in total. The number of aromatic hydroxyl groups is 1. The normalized spacial score (nSPS) is 10.2. The Bertz CT molecular complexity index is 235. The Morgan fingerprint density at radius 1 is 1.31 bits per heavy atom. The number of hydrogen-bond acceptors (Lipinski definition) is 3. The second-order valence-corrected chi connectivity index (χ2v) is 3.97. The molecule has 0 fully saturated rings. The van der Waals surface area contributed by atoms with Crippen LogP contribution in [0.4, 0.5) is 0 Å². The maximum absolute atomic E-state index is 9.05. The molecule has 0 aliphatic heterocycles. The first-order valence-electron chi connectivity index (χ1n) is 4.39. The van der Waals surface area contributed by atoms with E-state index in [2.05, 4.69) is 5.32 Å². The zero-order valence-electron chi connectivity index (χ0n) is 7.79. The minimum atomic E-state index is 0.333. The fourth-order valence-electron chi connectivity index (χ4n) is 0.981. The molecular formula is C10H15NOS. The molecule has 0 saturated carbocycles. The molecule has 0 aliphatic carbocycles. The van der Waals surface area contributed by atoms with Gasteiger partial charge in [0.2, 0.25) is 0 Å². The molecule has 3 heteroatoms. The monoisotopic (exact) mass is 197 g/mol. The molecule has 0 heterocycles. The van der Waals surface area contributed by atoms with Gasteiger partial charge >= 0.3 is 0 Å². The van der Waals surface area contributed by atoms with E-state index in [-0.39, 0.29) is 0 Å². The fourth-order valence-corrected chi connectivity index (χ4v) is 1.83. The lowest BCUT2D eigenvalue weighted by Crippen LogP contribution is -2.07. The summed E-state index contributed by atoms with van der Waals surface area (Å²) in [5, 5.41) is 12.2. The van der Waals surface area contributed by atoms with Crippen molar-refractivity contribution in [3.63, 3.8) is 0 Å². The molecule has 0 unspecified atom stereocenters. The second-order valence-electron chi connectivity index (χ2n) is 2.80. The van der Waals surface area contributed by atoms with Crippen LogP contribution in [0, 0.1) is 0 Å². The minimum Gasteiger partial charge on any atom is -0.508 e. The average Bonchev–Trinajstić information content (AvgIpc) is 2.15. The fraction of sp³-hybridized carbons (Fsp3) is 0.400. The molecule has 13 heavy (non-hydrogen) atoms. The lowest BCUT2D eigenvalue weighted by Gasteiger charge is -2.01. The first-order valence-corrected chi connectivity index (χ1v) is 5.38. The van der Waals surface area contributed by atoms with E-state index < -0.39 is 0 Å². The topological polar surface area (TPSA) is 32.3 Å². The maximum atomic E-state index is 9.05. The van der Waals surface area contributed by atoms with Crippen LogP contribution in [0.15, 0.2) is 29.2 Å². The van der Waals surface area contributed by atoms with Gasteiger partial charge in [-0.3, -0.25) is 0 Å². The molecule has 1 rings (SSSR count). The number of thioether (sulfide) groups is 1. The highest BCUT2D eigenvalue weighted by Gasteiger charge is 1.93. The second kappa shape index (κ2) is 5.89. The lowest BCUT2D eigenvalue weighted by atomic mass is 10.3. The molecule has 1 aromatic carbocycles. The number of phenolic OH excluding ortho intramolecular Hbond substituents is 1. The van der Waals surface area contributed by atoms with Crippen LogP contribution in [-0.2, 0) is 0 Å². The first-order chi connectivity index (χ1) is 6.33. The van der Waals surface area contributed by atoms with Gasteiger partial charge in [0, 0.05) is 4.90 Å². The van der Waals surface area contributed by atoms with Crippen molar-refractivity contribution >= 4 is 11.8 Å². The van der Waals surface area contributed by atoms with Crippen molar-refractivity contribution in [2.24, 2.45) is 0 Å². The van der Waals surface area contributed by atoms with Gasteiger partial charge in [0.15, 0.2) is 0 Å². The smallest absolute Gasteiger partial charge is 0.115 e. The number of benzene rings is 1. The summed E-state index contributed by atoms with van der Waals surface area (Å²) in [7, 11) is 1.96. The Morgan fingerprint density at radius 3 is 2.62 bits per heavy atom. The van der Waals surface area contributed by atoms with Crippen molar-refractivity contribution in [1.29, 1.82) is 0 Å². The summed E-state index contributed by atoms with van der Waals surface area (Å²) in [6, 6.07) is 7.33. The largest absolute Gasteiger partial charge is 0.508 e. The highest BCUT2D eigenvalue weighted by molar-refractivity contribution is 7.99. The summed E-state index contributed by atoms with van der Waals surface area (Å²) in [4.78, 5) is 1.22. The maximum Gasteiger partial charge on any atom is 0.115 e. The van der Waals surface area contributed by atoms with Crippen LogP contribution in [0.2, 0.25) is 0 Å². The van der Waals surface area contributed by atoms with Crippen LogP contribution >= 0.6 is 11.8 Å². The van der Waals surface area contributed by atoms with Crippen LogP contribution in [0.1, 0.15) is 6.42 Å². The van der Waals surface area contributed by atoms with E-state index in [1.807, 2.05) is 30.9 Å². The van der Waals surface area contributed by atoms with Crippen molar-refractivity contribution in [2.45, 2.75) is 11.3 Å². The standard InChI is InChI=1S/C10H15NOS/c1-11-7-2-8-13-10-5-3-9(12)4-6-10/h3-6,11-12H,2,7-8H2,1H3. The van der Waals surface area contributed by atoms with E-state index in [9.17, 15) is 0 Å². The summed E-state index contributed by atoms with van der Waals surface area (Å²) in [5.74, 6) is 1.45. The Labute approximate surface area is 83.4 Å². The number of rotatable bonds is 5. The quantitative estimate of drug-likeness (QED) is 0.560. The van der Waals surface area contributed by atoms with Crippen LogP contribution in [-0.4, -0.2) is 24.5 Å². The highest BCUT2D eigenvalue weighted by Crippen LogP contribution is 2.20. The molecule has 0 bridgehead atoms. The molecule has 0 aromatic heterocycles. The molecule has 0 saturated heterocycles. The molecule has 72 valence electrons. The zero-order valence-corrected chi connectivity index (χ0v) is 8.60. The van der Waals surface area contributed by atoms with Gasteiger partial charge in [-0.05, 0) is 50.0 Å². The summed E-state index contributed by atoms with van der Waals surface area (Å²) in [6.45, 7) is 1.06.